The molecule has 5 rings (SSSR count). The number of amides is 1. The molecular formula is C21H16N4O3S2. The Morgan fingerprint density at radius 1 is 1.10 bits per heavy atom. The molecule has 1 amide bonds. The van der Waals surface area contributed by atoms with Gasteiger partial charge >= 0.3 is 0 Å². The van der Waals surface area contributed by atoms with Crippen LogP contribution in [0.25, 0.3) is 21.5 Å². The van der Waals surface area contributed by atoms with E-state index in [1.54, 1.807) is 0 Å². The molecule has 150 valence electrons. The lowest BCUT2D eigenvalue weighted by Gasteiger charge is -2.04. The second-order valence-corrected chi connectivity index (χ2v) is 8.68. The fourth-order valence-electron chi connectivity index (χ4n) is 2.99. The number of benzene rings is 2. The van der Waals surface area contributed by atoms with Gasteiger partial charge in [-0.25, -0.2) is 4.98 Å². The molecule has 3 heterocycles. The van der Waals surface area contributed by atoms with Crippen LogP contribution in [0.15, 0.2) is 53.6 Å². The molecule has 30 heavy (non-hydrogen) atoms. The molecule has 1 aliphatic heterocycles. The minimum Gasteiger partial charge on any atom is -0.454 e. The molecule has 0 aliphatic carbocycles. The van der Waals surface area contributed by atoms with Crippen molar-refractivity contribution >= 4 is 44.4 Å². The van der Waals surface area contributed by atoms with Crippen LogP contribution in [-0.2, 0) is 4.79 Å². The number of carbonyl (C=O) groups excluding carboxylic acids is 1. The highest BCUT2D eigenvalue weighted by Crippen LogP contribution is 2.35. The van der Waals surface area contributed by atoms with Crippen molar-refractivity contribution in [1.29, 1.82) is 0 Å². The summed E-state index contributed by atoms with van der Waals surface area (Å²) < 4.78 is 11.8. The van der Waals surface area contributed by atoms with E-state index < -0.39 is 0 Å². The van der Waals surface area contributed by atoms with Gasteiger partial charge in [0.25, 0.3) is 0 Å². The van der Waals surface area contributed by atoms with Crippen LogP contribution in [0.4, 0.5) is 5.13 Å². The van der Waals surface area contributed by atoms with Crippen LogP contribution in [-0.4, -0.2) is 33.6 Å². The number of hydrogen-bond acceptors (Lipinski definition) is 8. The van der Waals surface area contributed by atoms with Crippen LogP contribution in [0, 0.1) is 6.92 Å². The number of ether oxygens (including phenoxy) is 2. The standard InChI is InChI=1S/C21H16N4O3S2/c1-12-2-4-15-18(8-12)30-21(22-15)23-19(26)10-29-20-7-5-14(24-25-20)13-3-6-16-17(9-13)28-11-27-16/h2-9H,10-11H2,1H3,(H,22,23,26). The number of thiazole rings is 1. The number of hydrogen-bond donors (Lipinski definition) is 1. The van der Waals surface area contributed by atoms with Gasteiger partial charge in [-0.15, -0.1) is 10.2 Å². The monoisotopic (exact) mass is 436 g/mol. The summed E-state index contributed by atoms with van der Waals surface area (Å²) in [6, 6.07) is 15.4. The zero-order chi connectivity index (χ0) is 20.5. The van der Waals surface area contributed by atoms with E-state index in [2.05, 4.69) is 26.6 Å². The van der Waals surface area contributed by atoms with Crippen molar-refractivity contribution in [3.63, 3.8) is 0 Å². The van der Waals surface area contributed by atoms with Crippen LogP contribution < -0.4 is 14.8 Å². The first-order valence-electron chi connectivity index (χ1n) is 9.18. The van der Waals surface area contributed by atoms with Crippen LogP contribution in [0.3, 0.4) is 0 Å². The normalized spacial score (nSPS) is 12.3. The van der Waals surface area contributed by atoms with Gasteiger partial charge in [0.2, 0.25) is 12.7 Å². The molecule has 0 saturated heterocycles. The van der Waals surface area contributed by atoms with Crippen molar-refractivity contribution in [2.75, 3.05) is 17.9 Å². The van der Waals surface area contributed by atoms with Gasteiger partial charge in [0.15, 0.2) is 16.6 Å². The number of anilines is 1. The number of carbonyl (C=O) groups is 1. The molecule has 2 aromatic carbocycles. The molecule has 0 radical (unpaired) electrons. The first-order valence-corrected chi connectivity index (χ1v) is 11.0. The van der Waals surface area contributed by atoms with Crippen molar-refractivity contribution in [2.24, 2.45) is 0 Å². The largest absolute Gasteiger partial charge is 0.454 e. The molecule has 0 bridgehead atoms. The lowest BCUT2D eigenvalue weighted by Crippen LogP contribution is -2.13. The van der Waals surface area contributed by atoms with E-state index in [0.29, 0.717) is 15.9 Å². The summed E-state index contributed by atoms with van der Waals surface area (Å²) in [7, 11) is 0. The minimum absolute atomic E-state index is 0.127. The molecule has 0 unspecified atom stereocenters. The molecule has 7 nitrogen and oxygen atoms in total. The quantitative estimate of drug-likeness (QED) is 0.460. The third-order valence-corrected chi connectivity index (χ3v) is 6.30. The highest BCUT2D eigenvalue weighted by Gasteiger charge is 2.15. The van der Waals surface area contributed by atoms with Gasteiger partial charge < -0.3 is 14.8 Å². The number of nitrogens with one attached hydrogen (secondary N) is 1. The van der Waals surface area contributed by atoms with Gasteiger partial charge in [-0.2, -0.15) is 0 Å². The lowest BCUT2D eigenvalue weighted by molar-refractivity contribution is -0.113. The highest BCUT2D eigenvalue weighted by atomic mass is 32.2. The summed E-state index contributed by atoms with van der Waals surface area (Å²) >= 11 is 2.80. The predicted molar refractivity (Wildman–Crippen MR) is 117 cm³/mol. The Labute approximate surface area is 180 Å². The van der Waals surface area contributed by atoms with Crippen molar-refractivity contribution in [3.8, 4) is 22.8 Å². The van der Waals surface area contributed by atoms with E-state index >= 15 is 0 Å². The molecule has 0 atom stereocenters. The maximum atomic E-state index is 12.3. The summed E-state index contributed by atoms with van der Waals surface area (Å²) in [5, 5.41) is 12.6. The van der Waals surface area contributed by atoms with Crippen LogP contribution in [0.2, 0.25) is 0 Å². The topological polar surface area (TPSA) is 86.2 Å². The number of aromatic nitrogens is 3. The van der Waals surface area contributed by atoms with Gasteiger partial charge in [0.1, 0.15) is 5.03 Å². The summed E-state index contributed by atoms with van der Waals surface area (Å²) in [4.78, 5) is 16.7. The average molecular weight is 437 g/mol. The smallest absolute Gasteiger partial charge is 0.236 e. The molecule has 9 heteroatoms. The zero-order valence-corrected chi connectivity index (χ0v) is 17.5. The Hall–Kier alpha value is -3.17. The first-order chi connectivity index (χ1) is 14.6. The Morgan fingerprint density at radius 3 is 2.87 bits per heavy atom. The molecule has 4 aromatic rings. The maximum Gasteiger partial charge on any atom is 0.236 e. The Bertz CT molecular complexity index is 1240. The number of rotatable bonds is 5. The summed E-state index contributed by atoms with van der Waals surface area (Å²) in [5.74, 6) is 1.53. The van der Waals surface area contributed by atoms with Crippen molar-refractivity contribution in [3.05, 3.63) is 54.1 Å². The summed E-state index contributed by atoms with van der Waals surface area (Å²) in [6.07, 6.45) is 0. The van der Waals surface area contributed by atoms with E-state index in [-0.39, 0.29) is 18.5 Å². The number of fused-ring (bicyclic) bond motifs is 2. The molecule has 2 aromatic heterocycles. The average Bonchev–Trinajstić information content (AvgIpc) is 3.38. The SMILES string of the molecule is Cc1ccc2nc(NC(=O)CSc3ccc(-c4ccc5c(c4)OCO5)nn3)sc2c1. The Morgan fingerprint density at radius 2 is 2.00 bits per heavy atom. The molecule has 0 fully saturated rings. The van der Waals surface area contributed by atoms with Crippen LogP contribution >= 0.6 is 23.1 Å². The van der Waals surface area contributed by atoms with Crippen molar-refractivity contribution in [2.45, 2.75) is 11.9 Å². The number of nitrogens with zero attached hydrogens (tertiary/aromatic N) is 3. The second-order valence-electron chi connectivity index (χ2n) is 6.65. The minimum atomic E-state index is -0.127. The van der Waals surface area contributed by atoms with E-state index in [4.69, 9.17) is 9.47 Å². The van der Waals surface area contributed by atoms with Crippen molar-refractivity contribution < 1.29 is 14.3 Å². The predicted octanol–water partition coefficient (Wildman–Crippen LogP) is 4.52. The molecule has 1 aliphatic rings. The second kappa shape index (κ2) is 7.92. The van der Waals surface area contributed by atoms with Crippen molar-refractivity contribution in [1.82, 2.24) is 15.2 Å². The van der Waals surface area contributed by atoms with Gasteiger partial charge in [-0.05, 0) is 55.0 Å². The summed E-state index contributed by atoms with van der Waals surface area (Å²) in [6.45, 7) is 2.27. The molecular weight excluding hydrogens is 420 g/mol. The lowest BCUT2D eigenvalue weighted by atomic mass is 10.1. The summed E-state index contributed by atoms with van der Waals surface area (Å²) in [5.41, 5.74) is 3.68. The Kier molecular flexibility index (Phi) is 4.97. The fraction of sp³-hybridized carbons (Fsp3) is 0.143. The Balaban J connectivity index is 1.20. The first kappa shape index (κ1) is 18.8. The van der Waals surface area contributed by atoms with Gasteiger partial charge in [-0.1, -0.05) is 29.2 Å². The van der Waals surface area contributed by atoms with E-state index in [1.165, 1.54) is 28.7 Å². The maximum absolute atomic E-state index is 12.3. The van der Waals surface area contributed by atoms with Gasteiger partial charge in [0.05, 0.1) is 21.7 Å². The number of thioether (sulfide) groups is 1. The molecule has 0 saturated carbocycles. The van der Waals surface area contributed by atoms with Gasteiger partial charge in [0, 0.05) is 5.56 Å². The van der Waals surface area contributed by atoms with Crippen LogP contribution in [0.5, 0.6) is 11.5 Å². The fourth-order valence-corrected chi connectivity index (χ4v) is 4.58. The molecule has 0 spiro atoms. The third kappa shape index (κ3) is 3.94. The molecule has 1 N–H and O–H groups in total. The third-order valence-electron chi connectivity index (χ3n) is 4.45. The van der Waals surface area contributed by atoms with E-state index in [9.17, 15) is 4.79 Å². The van der Waals surface area contributed by atoms with E-state index in [1.807, 2.05) is 49.4 Å². The highest BCUT2D eigenvalue weighted by molar-refractivity contribution is 7.99. The van der Waals surface area contributed by atoms with E-state index in [0.717, 1.165) is 27.2 Å². The zero-order valence-electron chi connectivity index (χ0n) is 15.9. The van der Waals surface area contributed by atoms with Crippen LogP contribution in [0.1, 0.15) is 5.56 Å². The van der Waals surface area contributed by atoms with Gasteiger partial charge in [-0.3, -0.25) is 4.79 Å². The number of aryl methyl sites for hydroxylation is 1.